The minimum Gasteiger partial charge on any atom is -0.345 e. The fraction of sp³-hybridized carbons (Fsp3) is 0.357. The molecule has 0 N–H and O–H groups in total. The van der Waals surface area contributed by atoms with Crippen molar-refractivity contribution in [2.75, 3.05) is 14.1 Å². The molecular formula is C14H15N3O2. The predicted molar refractivity (Wildman–Crippen MR) is 69.7 cm³/mol. The highest BCUT2D eigenvalue weighted by molar-refractivity contribution is 5.94. The first kappa shape index (κ1) is 11.9. The van der Waals surface area contributed by atoms with Crippen LogP contribution in [0.3, 0.4) is 0 Å². The van der Waals surface area contributed by atoms with Crippen LogP contribution in [0.25, 0.3) is 11.4 Å². The van der Waals surface area contributed by atoms with Gasteiger partial charge in [-0.1, -0.05) is 17.3 Å². The van der Waals surface area contributed by atoms with E-state index in [0.717, 1.165) is 18.4 Å². The molecule has 1 heterocycles. The van der Waals surface area contributed by atoms with Gasteiger partial charge in [-0.15, -0.1) is 0 Å². The summed E-state index contributed by atoms with van der Waals surface area (Å²) in [5, 5.41) is 3.98. The molecule has 5 heteroatoms. The molecule has 1 aliphatic carbocycles. The highest BCUT2D eigenvalue weighted by Crippen LogP contribution is 2.39. The van der Waals surface area contributed by atoms with E-state index in [9.17, 15) is 4.79 Å². The van der Waals surface area contributed by atoms with E-state index in [1.165, 1.54) is 0 Å². The van der Waals surface area contributed by atoms with Crippen LogP contribution in [-0.4, -0.2) is 35.0 Å². The van der Waals surface area contributed by atoms with Crippen LogP contribution < -0.4 is 0 Å². The molecule has 0 atom stereocenters. The number of hydrogen-bond donors (Lipinski definition) is 0. The maximum absolute atomic E-state index is 11.9. The summed E-state index contributed by atoms with van der Waals surface area (Å²) in [6.45, 7) is 0. The number of carbonyl (C=O) groups is 1. The standard InChI is InChI=1S/C14H15N3O2/c1-17(2)14(18)11-5-3-4-10(8-11)12-15-13(19-16-12)9-6-7-9/h3-5,8-9H,6-7H2,1-2H3. The van der Waals surface area contributed by atoms with E-state index in [0.29, 0.717) is 23.2 Å². The van der Waals surface area contributed by atoms with Crippen LogP contribution in [0.15, 0.2) is 28.8 Å². The molecule has 0 saturated heterocycles. The van der Waals surface area contributed by atoms with Crippen molar-refractivity contribution in [3.63, 3.8) is 0 Å². The van der Waals surface area contributed by atoms with Crippen molar-refractivity contribution >= 4 is 5.91 Å². The monoisotopic (exact) mass is 257 g/mol. The normalized spacial score (nSPS) is 14.4. The molecule has 3 rings (SSSR count). The van der Waals surface area contributed by atoms with Gasteiger partial charge in [-0.25, -0.2) is 0 Å². The second kappa shape index (κ2) is 4.50. The van der Waals surface area contributed by atoms with Crippen LogP contribution in [0.4, 0.5) is 0 Å². The zero-order valence-corrected chi connectivity index (χ0v) is 11.0. The number of nitrogens with zero attached hydrogens (tertiary/aromatic N) is 3. The number of aromatic nitrogens is 2. The van der Waals surface area contributed by atoms with Crippen molar-refractivity contribution in [3.8, 4) is 11.4 Å². The molecule has 0 spiro atoms. The van der Waals surface area contributed by atoms with Gasteiger partial charge < -0.3 is 9.42 Å². The summed E-state index contributed by atoms with van der Waals surface area (Å²) in [5.41, 5.74) is 1.43. The predicted octanol–water partition coefficient (Wildman–Crippen LogP) is 2.32. The topological polar surface area (TPSA) is 59.2 Å². The minimum atomic E-state index is -0.0345. The van der Waals surface area contributed by atoms with Crippen molar-refractivity contribution in [2.24, 2.45) is 0 Å². The fourth-order valence-electron chi connectivity index (χ4n) is 1.90. The largest absolute Gasteiger partial charge is 0.345 e. The first-order valence-corrected chi connectivity index (χ1v) is 6.31. The van der Waals surface area contributed by atoms with E-state index in [-0.39, 0.29) is 5.91 Å². The van der Waals surface area contributed by atoms with Crippen molar-refractivity contribution in [1.82, 2.24) is 15.0 Å². The van der Waals surface area contributed by atoms with E-state index in [1.807, 2.05) is 12.1 Å². The Morgan fingerprint density at radius 2 is 2.16 bits per heavy atom. The quantitative estimate of drug-likeness (QED) is 0.846. The van der Waals surface area contributed by atoms with Crippen molar-refractivity contribution < 1.29 is 9.32 Å². The van der Waals surface area contributed by atoms with Gasteiger partial charge in [0, 0.05) is 31.1 Å². The lowest BCUT2D eigenvalue weighted by atomic mass is 10.1. The van der Waals surface area contributed by atoms with Gasteiger partial charge in [0.05, 0.1) is 0 Å². The lowest BCUT2D eigenvalue weighted by Gasteiger charge is -2.10. The van der Waals surface area contributed by atoms with E-state index in [2.05, 4.69) is 10.1 Å². The first-order chi connectivity index (χ1) is 9.15. The summed E-state index contributed by atoms with van der Waals surface area (Å²) in [7, 11) is 3.46. The summed E-state index contributed by atoms with van der Waals surface area (Å²) in [5.74, 6) is 1.66. The average Bonchev–Trinajstić information content (AvgIpc) is 3.15. The van der Waals surface area contributed by atoms with E-state index in [1.54, 1.807) is 31.1 Å². The molecule has 1 fully saturated rings. The van der Waals surface area contributed by atoms with E-state index >= 15 is 0 Å². The maximum atomic E-state index is 11.9. The van der Waals surface area contributed by atoms with Crippen molar-refractivity contribution in [1.29, 1.82) is 0 Å². The van der Waals surface area contributed by atoms with Crippen LogP contribution >= 0.6 is 0 Å². The zero-order valence-electron chi connectivity index (χ0n) is 11.0. The van der Waals surface area contributed by atoms with Crippen molar-refractivity contribution in [2.45, 2.75) is 18.8 Å². The summed E-state index contributed by atoms with van der Waals surface area (Å²) >= 11 is 0. The zero-order chi connectivity index (χ0) is 13.4. The molecule has 0 bridgehead atoms. The molecule has 1 amide bonds. The lowest BCUT2D eigenvalue weighted by Crippen LogP contribution is -2.21. The number of amides is 1. The number of benzene rings is 1. The third-order valence-corrected chi connectivity index (χ3v) is 3.14. The van der Waals surface area contributed by atoms with Crippen LogP contribution in [0.5, 0.6) is 0 Å². The van der Waals surface area contributed by atoms with Crippen LogP contribution in [0, 0.1) is 0 Å². The highest BCUT2D eigenvalue weighted by Gasteiger charge is 2.29. The second-order valence-electron chi connectivity index (χ2n) is 5.01. The summed E-state index contributed by atoms with van der Waals surface area (Å²) < 4.78 is 5.23. The summed E-state index contributed by atoms with van der Waals surface area (Å²) in [6, 6.07) is 7.30. The van der Waals surface area contributed by atoms with Gasteiger partial charge in [0.25, 0.3) is 5.91 Å². The molecule has 1 aromatic carbocycles. The Balaban J connectivity index is 1.91. The summed E-state index contributed by atoms with van der Waals surface area (Å²) in [6.07, 6.45) is 2.25. The van der Waals surface area contributed by atoms with Crippen LogP contribution in [0.1, 0.15) is 35.0 Å². The lowest BCUT2D eigenvalue weighted by molar-refractivity contribution is 0.0827. The first-order valence-electron chi connectivity index (χ1n) is 6.31. The molecule has 0 aliphatic heterocycles. The molecular weight excluding hydrogens is 242 g/mol. The fourth-order valence-corrected chi connectivity index (χ4v) is 1.90. The maximum Gasteiger partial charge on any atom is 0.253 e. The molecule has 2 aromatic rings. The van der Waals surface area contributed by atoms with Gasteiger partial charge >= 0.3 is 0 Å². The number of carbonyl (C=O) groups excluding carboxylic acids is 1. The molecule has 0 radical (unpaired) electrons. The van der Waals surface area contributed by atoms with Crippen LogP contribution in [0.2, 0.25) is 0 Å². The second-order valence-corrected chi connectivity index (χ2v) is 5.01. The molecule has 5 nitrogen and oxygen atoms in total. The molecule has 98 valence electrons. The van der Waals surface area contributed by atoms with Gasteiger partial charge in [0.1, 0.15) is 0 Å². The Labute approximate surface area is 111 Å². The summed E-state index contributed by atoms with van der Waals surface area (Å²) in [4.78, 5) is 17.8. The minimum absolute atomic E-state index is 0.0345. The van der Waals surface area contributed by atoms with E-state index < -0.39 is 0 Å². The molecule has 1 aromatic heterocycles. The Morgan fingerprint density at radius 3 is 2.84 bits per heavy atom. The molecule has 19 heavy (non-hydrogen) atoms. The Hall–Kier alpha value is -2.17. The smallest absolute Gasteiger partial charge is 0.253 e. The number of hydrogen-bond acceptors (Lipinski definition) is 4. The SMILES string of the molecule is CN(C)C(=O)c1cccc(-c2noc(C3CC3)n2)c1. The Morgan fingerprint density at radius 1 is 1.37 bits per heavy atom. The van der Waals surface area contributed by atoms with Gasteiger partial charge in [-0.05, 0) is 25.0 Å². The number of rotatable bonds is 3. The average molecular weight is 257 g/mol. The molecule has 1 aliphatic rings. The van der Waals surface area contributed by atoms with Gasteiger partial charge in [-0.3, -0.25) is 4.79 Å². The van der Waals surface area contributed by atoms with Crippen LogP contribution in [-0.2, 0) is 0 Å². The van der Waals surface area contributed by atoms with E-state index in [4.69, 9.17) is 4.52 Å². The van der Waals surface area contributed by atoms with Gasteiger partial charge in [0.2, 0.25) is 11.7 Å². The molecule has 0 unspecified atom stereocenters. The van der Waals surface area contributed by atoms with Crippen molar-refractivity contribution in [3.05, 3.63) is 35.7 Å². The molecule has 1 saturated carbocycles. The Kier molecular flexibility index (Phi) is 2.81. The third kappa shape index (κ3) is 2.36. The highest BCUT2D eigenvalue weighted by atomic mass is 16.5. The van der Waals surface area contributed by atoms with Gasteiger partial charge in [-0.2, -0.15) is 4.98 Å². The van der Waals surface area contributed by atoms with Gasteiger partial charge in [0.15, 0.2) is 0 Å². The Bertz CT molecular complexity index is 615. The third-order valence-electron chi connectivity index (χ3n) is 3.14.